The maximum atomic E-state index is 11.9. The second kappa shape index (κ2) is 6.27. The second-order valence-electron chi connectivity index (χ2n) is 7.92. The van der Waals surface area contributed by atoms with Gasteiger partial charge in [-0.2, -0.15) is 0 Å². The van der Waals surface area contributed by atoms with E-state index in [9.17, 15) is 4.79 Å². The van der Waals surface area contributed by atoms with Crippen LogP contribution in [0.5, 0.6) is 0 Å². The summed E-state index contributed by atoms with van der Waals surface area (Å²) in [5.74, 6) is 1.64. The molecule has 0 aromatic heterocycles. The third kappa shape index (κ3) is 3.30. The monoisotopic (exact) mass is 314 g/mol. The molecule has 3 heteroatoms. The normalized spacial score (nSPS) is 27.7. The molecule has 0 N–H and O–H groups in total. The molecule has 1 saturated carbocycles. The van der Waals surface area contributed by atoms with Crippen LogP contribution in [0.2, 0.25) is 0 Å². The summed E-state index contributed by atoms with van der Waals surface area (Å²) in [6, 6.07) is 5.19. The summed E-state index contributed by atoms with van der Waals surface area (Å²) in [4.78, 5) is 16.4. The molecule has 1 aliphatic heterocycles. The van der Waals surface area contributed by atoms with E-state index in [0.717, 1.165) is 19.5 Å². The molecule has 2 aliphatic rings. The van der Waals surface area contributed by atoms with Crippen LogP contribution < -0.4 is 0 Å². The van der Waals surface area contributed by atoms with E-state index in [1.165, 1.54) is 35.1 Å². The minimum Gasteiger partial charge on any atom is -0.345 e. The molecule has 3 nitrogen and oxygen atoms in total. The van der Waals surface area contributed by atoms with Crippen molar-refractivity contribution in [2.24, 2.45) is 11.8 Å². The van der Waals surface area contributed by atoms with E-state index in [2.05, 4.69) is 44.9 Å². The fourth-order valence-corrected chi connectivity index (χ4v) is 4.69. The number of hydrogen-bond donors (Lipinski definition) is 0. The quantitative estimate of drug-likeness (QED) is 0.854. The fourth-order valence-electron chi connectivity index (χ4n) is 4.69. The first-order chi connectivity index (χ1) is 10.8. The number of likely N-dealkylation sites (tertiary alicyclic amines) is 1. The third-order valence-corrected chi connectivity index (χ3v) is 6.06. The third-order valence-electron chi connectivity index (χ3n) is 6.06. The highest BCUT2D eigenvalue weighted by Gasteiger charge is 2.41. The first-order valence-electron chi connectivity index (χ1n) is 8.86. The van der Waals surface area contributed by atoms with Gasteiger partial charge in [-0.3, -0.25) is 9.69 Å². The van der Waals surface area contributed by atoms with E-state index in [4.69, 9.17) is 0 Å². The van der Waals surface area contributed by atoms with Crippen molar-refractivity contribution in [3.63, 3.8) is 0 Å². The molecule has 23 heavy (non-hydrogen) atoms. The number of piperidine rings is 1. The Morgan fingerprint density at radius 2 is 1.74 bits per heavy atom. The molecule has 0 bridgehead atoms. The zero-order valence-electron chi connectivity index (χ0n) is 15.2. The van der Waals surface area contributed by atoms with Gasteiger partial charge in [-0.15, -0.1) is 0 Å². The topological polar surface area (TPSA) is 23.6 Å². The van der Waals surface area contributed by atoms with Crippen molar-refractivity contribution in [2.45, 2.75) is 52.6 Å². The highest BCUT2D eigenvalue weighted by molar-refractivity contribution is 5.77. The van der Waals surface area contributed by atoms with E-state index >= 15 is 0 Å². The summed E-state index contributed by atoms with van der Waals surface area (Å²) in [7, 11) is 4.21. The summed E-state index contributed by atoms with van der Waals surface area (Å²) in [6.45, 7) is 8.60. The van der Waals surface area contributed by atoms with Crippen molar-refractivity contribution in [1.29, 1.82) is 0 Å². The average molecular weight is 314 g/mol. The van der Waals surface area contributed by atoms with Crippen LogP contribution >= 0.6 is 0 Å². The van der Waals surface area contributed by atoms with Gasteiger partial charge in [0.2, 0.25) is 5.91 Å². The summed E-state index contributed by atoms with van der Waals surface area (Å²) >= 11 is 0. The van der Waals surface area contributed by atoms with Gasteiger partial charge in [-0.25, -0.2) is 0 Å². The first-order valence-corrected chi connectivity index (χ1v) is 8.86. The SMILES string of the molecule is Cc1cc(C)c(CN(C)[C@@H]2C[C@@H]3CC(=O)N(C)C[C@@H]3C2)c(C)c1. The van der Waals surface area contributed by atoms with Gasteiger partial charge in [-0.1, -0.05) is 17.7 Å². The van der Waals surface area contributed by atoms with E-state index < -0.39 is 0 Å². The van der Waals surface area contributed by atoms with Gasteiger partial charge in [0.05, 0.1) is 0 Å². The number of carbonyl (C=O) groups is 1. The number of nitrogens with zero attached hydrogens (tertiary/aromatic N) is 2. The van der Waals surface area contributed by atoms with Crippen LogP contribution in [0.15, 0.2) is 12.1 Å². The average Bonchev–Trinajstić information content (AvgIpc) is 2.86. The van der Waals surface area contributed by atoms with Gasteiger partial charge in [0.25, 0.3) is 0 Å². The molecule has 1 amide bonds. The molecule has 1 saturated heterocycles. The molecule has 3 atom stereocenters. The molecule has 3 rings (SSSR count). The van der Waals surface area contributed by atoms with Crippen molar-refractivity contribution in [3.8, 4) is 0 Å². The van der Waals surface area contributed by atoms with Crippen molar-refractivity contribution >= 4 is 5.91 Å². The predicted molar refractivity (Wildman–Crippen MR) is 94.4 cm³/mol. The molecule has 1 aromatic carbocycles. The highest BCUT2D eigenvalue weighted by atomic mass is 16.2. The van der Waals surface area contributed by atoms with Crippen molar-refractivity contribution in [2.75, 3.05) is 20.6 Å². The number of benzene rings is 1. The zero-order valence-corrected chi connectivity index (χ0v) is 15.2. The Bertz CT molecular complexity index is 587. The van der Waals surface area contributed by atoms with Crippen LogP contribution in [0.3, 0.4) is 0 Å². The molecule has 2 fully saturated rings. The van der Waals surface area contributed by atoms with Crippen LogP contribution in [0.1, 0.15) is 41.5 Å². The van der Waals surface area contributed by atoms with Crippen LogP contribution in [-0.2, 0) is 11.3 Å². The molecule has 1 heterocycles. The van der Waals surface area contributed by atoms with Gasteiger partial charge in [0.15, 0.2) is 0 Å². The standard InChI is InChI=1S/C20H30N2O/c1-13-6-14(2)19(15(3)7-13)12-21(4)18-8-16-10-20(23)22(5)11-17(16)9-18/h6-7,16-18H,8-12H2,1-5H3/t16-,17+,18-/m1/s1. The van der Waals surface area contributed by atoms with Gasteiger partial charge >= 0.3 is 0 Å². The van der Waals surface area contributed by atoms with E-state index in [1.54, 1.807) is 0 Å². The van der Waals surface area contributed by atoms with Crippen LogP contribution in [0, 0.1) is 32.6 Å². The van der Waals surface area contributed by atoms with Crippen molar-refractivity contribution < 1.29 is 4.79 Å². The first kappa shape index (κ1) is 16.5. The Hall–Kier alpha value is -1.35. The maximum Gasteiger partial charge on any atom is 0.222 e. The fraction of sp³-hybridized carbons (Fsp3) is 0.650. The number of aryl methyl sites for hydroxylation is 3. The largest absolute Gasteiger partial charge is 0.345 e. The van der Waals surface area contributed by atoms with Crippen LogP contribution in [-0.4, -0.2) is 42.4 Å². The summed E-state index contributed by atoms with van der Waals surface area (Å²) in [6.07, 6.45) is 3.18. The Kier molecular flexibility index (Phi) is 4.50. The van der Waals surface area contributed by atoms with Gasteiger partial charge in [0, 0.05) is 32.6 Å². The second-order valence-corrected chi connectivity index (χ2v) is 7.92. The lowest BCUT2D eigenvalue weighted by Gasteiger charge is -2.31. The summed E-state index contributed by atoms with van der Waals surface area (Å²) in [5.41, 5.74) is 5.63. The minimum absolute atomic E-state index is 0.333. The Labute approximate surface area is 140 Å². The molecular weight excluding hydrogens is 284 g/mol. The summed E-state index contributed by atoms with van der Waals surface area (Å²) in [5, 5.41) is 0. The lowest BCUT2D eigenvalue weighted by Crippen LogP contribution is -2.39. The number of rotatable bonds is 3. The minimum atomic E-state index is 0.333. The van der Waals surface area contributed by atoms with Gasteiger partial charge in [0.1, 0.15) is 0 Å². The van der Waals surface area contributed by atoms with Gasteiger partial charge in [-0.05, 0) is 69.2 Å². The predicted octanol–water partition coefficient (Wildman–Crippen LogP) is 3.30. The number of hydrogen-bond acceptors (Lipinski definition) is 2. The summed E-state index contributed by atoms with van der Waals surface area (Å²) < 4.78 is 0. The van der Waals surface area contributed by atoms with Crippen LogP contribution in [0.4, 0.5) is 0 Å². The molecule has 0 unspecified atom stereocenters. The molecule has 0 spiro atoms. The lowest BCUT2D eigenvalue weighted by atomic mass is 9.88. The Morgan fingerprint density at radius 1 is 1.13 bits per heavy atom. The smallest absolute Gasteiger partial charge is 0.222 e. The highest BCUT2D eigenvalue weighted by Crippen LogP contribution is 2.40. The molecule has 1 aromatic rings. The van der Waals surface area contributed by atoms with Crippen LogP contribution in [0.25, 0.3) is 0 Å². The van der Waals surface area contributed by atoms with Gasteiger partial charge < -0.3 is 4.90 Å². The van der Waals surface area contributed by atoms with E-state index in [1.807, 2.05) is 11.9 Å². The van der Waals surface area contributed by atoms with Crippen molar-refractivity contribution in [1.82, 2.24) is 9.80 Å². The Balaban J connectivity index is 1.68. The lowest BCUT2D eigenvalue weighted by molar-refractivity contribution is -0.134. The molecule has 1 aliphatic carbocycles. The Morgan fingerprint density at radius 3 is 2.39 bits per heavy atom. The number of carbonyl (C=O) groups excluding carboxylic acids is 1. The molecular formula is C20H30N2O. The maximum absolute atomic E-state index is 11.9. The number of amides is 1. The zero-order chi connectivity index (χ0) is 16.7. The van der Waals surface area contributed by atoms with E-state index in [0.29, 0.717) is 23.8 Å². The molecule has 126 valence electrons. The number of fused-ring (bicyclic) bond motifs is 1. The van der Waals surface area contributed by atoms with Crippen molar-refractivity contribution in [3.05, 3.63) is 34.4 Å². The molecule has 0 radical (unpaired) electrons. The van der Waals surface area contributed by atoms with E-state index in [-0.39, 0.29) is 0 Å².